The first-order valence-electron chi connectivity index (χ1n) is 6.49. The van der Waals surface area contributed by atoms with Crippen molar-refractivity contribution >= 4 is 5.82 Å². The van der Waals surface area contributed by atoms with Crippen LogP contribution in [0.25, 0.3) is 0 Å². The second-order valence-corrected chi connectivity index (χ2v) is 5.26. The summed E-state index contributed by atoms with van der Waals surface area (Å²) in [5.41, 5.74) is 0.939. The highest BCUT2D eigenvalue weighted by Crippen LogP contribution is 2.30. The first-order valence-corrected chi connectivity index (χ1v) is 6.49. The smallest absolute Gasteiger partial charge is 0.134 e. The van der Waals surface area contributed by atoms with E-state index in [0.29, 0.717) is 6.04 Å². The van der Waals surface area contributed by atoms with Gasteiger partial charge in [0.25, 0.3) is 0 Å². The lowest BCUT2D eigenvalue weighted by molar-refractivity contribution is 0.198. The lowest BCUT2D eigenvalue weighted by atomic mass is 9.93. The average molecular weight is 234 g/mol. The van der Waals surface area contributed by atoms with Crippen molar-refractivity contribution in [2.45, 2.75) is 45.8 Å². The van der Waals surface area contributed by atoms with E-state index in [-0.39, 0.29) is 0 Å². The van der Waals surface area contributed by atoms with Crippen molar-refractivity contribution in [2.75, 3.05) is 11.4 Å². The predicted octanol–water partition coefficient (Wildman–Crippen LogP) is 2.76. The van der Waals surface area contributed by atoms with Crippen molar-refractivity contribution in [1.82, 2.24) is 4.98 Å². The molecule has 17 heavy (non-hydrogen) atoms. The van der Waals surface area contributed by atoms with Gasteiger partial charge >= 0.3 is 0 Å². The monoisotopic (exact) mass is 234 g/mol. The largest absolute Gasteiger partial charge is 0.389 e. The SMILES string of the molecule is CC1CCN(c2ncccc2C(C)O)C(C)C1. The average Bonchev–Trinajstić information content (AvgIpc) is 2.29. The zero-order valence-electron chi connectivity index (χ0n) is 10.9. The Labute approximate surface area is 103 Å². The summed E-state index contributed by atoms with van der Waals surface area (Å²) in [6, 6.07) is 4.37. The maximum Gasteiger partial charge on any atom is 0.134 e. The number of pyridine rings is 1. The van der Waals surface area contributed by atoms with E-state index >= 15 is 0 Å². The van der Waals surface area contributed by atoms with Crippen LogP contribution in [0.5, 0.6) is 0 Å². The lowest BCUT2D eigenvalue weighted by Gasteiger charge is -2.38. The molecule has 0 amide bonds. The van der Waals surface area contributed by atoms with Crippen molar-refractivity contribution in [1.29, 1.82) is 0 Å². The molecular formula is C14H22N2O. The highest BCUT2D eigenvalue weighted by molar-refractivity contribution is 5.49. The fraction of sp³-hybridized carbons (Fsp3) is 0.643. The summed E-state index contributed by atoms with van der Waals surface area (Å²) in [6.07, 6.45) is 3.77. The molecule has 3 atom stereocenters. The molecule has 0 radical (unpaired) electrons. The number of piperidine rings is 1. The molecule has 1 aromatic heterocycles. The van der Waals surface area contributed by atoms with E-state index in [1.807, 2.05) is 18.3 Å². The highest BCUT2D eigenvalue weighted by Gasteiger charge is 2.26. The van der Waals surface area contributed by atoms with Crippen molar-refractivity contribution in [3.05, 3.63) is 23.9 Å². The van der Waals surface area contributed by atoms with Gasteiger partial charge in [0, 0.05) is 24.3 Å². The molecule has 2 heterocycles. The van der Waals surface area contributed by atoms with E-state index in [0.717, 1.165) is 23.8 Å². The van der Waals surface area contributed by atoms with Crippen LogP contribution in [0, 0.1) is 5.92 Å². The third-order valence-corrected chi connectivity index (χ3v) is 3.68. The minimum absolute atomic E-state index is 0.453. The van der Waals surface area contributed by atoms with Crippen LogP contribution in [0.15, 0.2) is 18.3 Å². The number of aromatic nitrogens is 1. The molecule has 2 rings (SSSR count). The van der Waals surface area contributed by atoms with Gasteiger partial charge < -0.3 is 10.0 Å². The van der Waals surface area contributed by atoms with Crippen LogP contribution in [0.1, 0.15) is 45.3 Å². The molecule has 1 aliphatic heterocycles. The molecule has 3 unspecified atom stereocenters. The van der Waals surface area contributed by atoms with Gasteiger partial charge in [-0.15, -0.1) is 0 Å². The molecule has 1 aromatic rings. The van der Waals surface area contributed by atoms with Crippen LogP contribution < -0.4 is 4.90 Å². The van der Waals surface area contributed by atoms with E-state index in [2.05, 4.69) is 23.7 Å². The Hall–Kier alpha value is -1.09. The van der Waals surface area contributed by atoms with E-state index in [1.54, 1.807) is 6.92 Å². The van der Waals surface area contributed by atoms with E-state index < -0.39 is 6.10 Å². The number of hydrogen-bond acceptors (Lipinski definition) is 3. The summed E-state index contributed by atoms with van der Waals surface area (Å²) in [7, 11) is 0. The summed E-state index contributed by atoms with van der Waals surface area (Å²) in [6.45, 7) is 7.40. The highest BCUT2D eigenvalue weighted by atomic mass is 16.3. The summed E-state index contributed by atoms with van der Waals surface area (Å²) < 4.78 is 0. The third-order valence-electron chi connectivity index (χ3n) is 3.68. The van der Waals surface area contributed by atoms with Gasteiger partial charge in [-0.2, -0.15) is 0 Å². The molecule has 3 nitrogen and oxygen atoms in total. The van der Waals surface area contributed by atoms with E-state index in [4.69, 9.17) is 0 Å². The van der Waals surface area contributed by atoms with Gasteiger partial charge in [-0.25, -0.2) is 4.98 Å². The Morgan fingerprint density at radius 2 is 2.24 bits per heavy atom. The van der Waals surface area contributed by atoms with Gasteiger partial charge in [0.1, 0.15) is 5.82 Å². The normalized spacial score (nSPS) is 26.9. The number of anilines is 1. The second kappa shape index (κ2) is 5.05. The zero-order valence-corrected chi connectivity index (χ0v) is 10.9. The summed E-state index contributed by atoms with van der Waals surface area (Å²) in [5.74, 6) is 1.75. The van der Waals surface area contributed by atoms with E-state index in [9.17, 15) is 5.11 Å². The predicted molar refractivity (Wildman–Crippen MR) is 70.1 cm³/mol. The van der Waals surface area contributed by atoms with Gasteiger partial charge in [-0.05, 0) is 38.7 Å². The number of aliphatic hydroxyl groups excluding tert-OH is 1. The molecule has 1 N–H and O–H groups in total. The van der Waals surface area contributed by atoms with Crippen LogP contribution in [-0.4, -0.2) is 22.7 Å². The first kappa shape index (κ1) is 12.4. The fourth-order valence-corrected chi connectivity index (χ4v) is 2.70. The molecule has 0 aliphatic carbocycles. The molecule has 1 aliphatic rings. The maximum absolute atomic E-state index is 9.81. The minimum atomic E-state index is -0.453. The molecule has 0 saturated carbocycles. The summed E-state index contributed by atoms with van der Waals surface area (Å²) in [4.78, 5) is 6.80. The van der Waals surface area contributed by atoms with Gasteiger partial charge in [0.05, 0.1) is 6.10 Å². The molecule has 3 heteroatoms. The molecule has 94 valence electrons. The second-order valence-electron chi connectivity index (χ2n) is 5.26. The van der Waals surface area contributed by atoms with E-state index in [1.165, 1.54) is 12.8 Å². The molecular weight excluding hydrogens is 212 g/mol. The minimum Gasteiger partial charge on any atom is -0.389 e. The van der Waals surface area contributed by atoms with Crippen molar-refractivity contribution < 1.29 is 5.11 Å². The number of hydrogen-bond donors (Lipinski definition) is 1. The first-order chi connectivity index (χ1) is 8.09. The van der Waals surface area contributed by atoms with Gasteiger partial charge in [-0.1, -0.05) is 13.0 Å². The quantitative estimate of drug-likeness (QED) is 0.854. The van der Waals surface area contributed by atoms with Crippen LogP contribution in [0.3, 0.4) is 0 Å². The van der Waals surface area contributed by atoms with Crippen LogP contribution in [-0.2, 0) is 0 Å². The molecule has 0 bridgehead atoms. The van der Waals surface area contributed by atoms with Crippen LogP contribution in [0.2, 0.25) is 0 Å². The standard InChI is InChI=1S/C14H22N2O/c1-10-6-8-16(11(2)9-10)14-13(12(3)17)5-4-7-15-14/h4-5,7,10-12,17H,6,8-9H2,1-3H3. The summed E-state index contributed by atoms with van der Waals surface area (Å²) >= 11 is 0. The zero-order chi connectivity index (χ0) is 12.4. The Kier molecular flexibility index (Phi) is 3.67. The molecule has 1 saturated heterocycles. The van der Waals surface area contributed by atoms with Crippen LogP contribution in [0.4, 0.5) is 5.82 Å². The topological polar surface area (TPSA) is 36.4 Å². The Morgan fingerprint density at radius 3 is 2.88 bits per heavy atom. The maximum atomic E-state index is 9.81. The molecule has 0 aromatic carbocycles. The van der Waals surface area contributed by atoms with Crippen molar-refractivity contribution in [2.24, 2.45) is 5.92 Å². The van der Waals surface area contributed by atoms with Crippen molar-refractivity contribution in [3.63, 3.8) is 0 Å². The van der Waals surface area contributed by atoms with Gasteiger partial charge in [0.2, 0.25) is 0 Å². The summed E-state index contributed by atoms with van der Waals surface area (Å²) in [5, 5.41) is 9.81. The third kappa shape index (κ3) is 2.60. The lowest BCUT2D eigenvalue weighted by Crippen LogP contribution is -2.41. The number of rotatable bonds is 2. The van der Waals surface area contributed by atoms with Crippen molar-refractivity contribution in [3.8, 4) is 0 Å². The molecule has 0 spiro atoms. The fourth-order valence-electron chi connectivity index (χ4n) is 2.70. The number of nitrogens with zero attached hydrogens (tertiary/aromatic N) is 2. The Bertz CT molecular complexity index is 378. The Balaban J connectivity index is 2.27. The van der Waals surface area contributed by atoms with Gasteiger partial charge in [0.15, 0.2) is 0 Å². The Morgan fingerprint density at radius 1 is 1.47 bits per heavy atom. The molecule has 1 fully saturated rings. The number of aliphatic hydroxyl groups is 1. The van der Waals surface area contributed by atoms with Crippen LogP contribution >= 0.6 is 0 Å². The van der Waals surface area contributed by atoms with Gasteiger partial charge in [-0.3, -0.25) is 0 Å².